The summed E-state index contributed by atoms with van der Waals surface area (Å²) >= 11 is 3.30. The van der Waals surface area contributed by atoms with Crippen molar-refractivity contribution in [3.05, 3.63) is 22.2 Å². The molecular formula is C12H16BrNO5. The van der Waals surface area contributed by atoms with Crippen LogP contribution < -0.4 is 14.8 Å². The van der Waals surface area contributed by atoms with E-state index in [-0.39, 0.29) is 6.54 Å². The first-order chi connectivity index (χ1) is 9.03. The van der Waals surface area contributed by atoms with Gasteiger partial charge in [0.25, 0.3) is 5.91 Å². The molecule has 1 aromatic rings. The van der Waals surface area contributed by atoms with Gasteiger partial charge in [-0.2, -0.15) is 0 Å². The van der Waals surface area contributed by atoms with Crippen molar-refractivity contribution in [2.45, 2.75) is 6.10 Å². The van der Waals surface area contributed by atoms with E-state index in [1.54, 1.807) is 12.1 Å². The number of benzene rings is 1. The minimum Gasteiger partial charge on any atom is -0.495 e. The summed E-state index contributed by atoms with van der Waals surface area (Å²) in [7, 11) is 2.97. The molecule has 0 aliphatic heterocycles. The molecule has 0 bridgehead atoms. The first-order valence-corrected chi connectivity index (χ1v) is 6.31. The molecule has 0 fully saturated rings. The van der Waals surface area contributed by atoms with Crippen LogP contribution in [0.25, 0.3) is 0 Å². The smallest absolute Gasteiger partial charge is 0.251 e. The van der Waals surface area contributed by atoms with E-state index in [1.807, 2.05) is 0 Å². The third-order valence-electron chi connectivity index (χ3n) is 2.42. The number of amides is 1. The largest absolute Gasteiger partial charge is 0.495 e. The van der Waals surface area contributed by atoms with E-state index >= 15 is 0 Å². The lowest BCUT2D eigenvalue weighted by molar-refractivity contribution is 0.0801. The second-order valence-corrected chi connectivity index (χ2v) is 4.53. The van der Waals surface area contributed by atoms with Crippen LogP contribution in [0.4, 0.5) is 0 Å². The standard InChI is InChI=1S/C12H16BrNO5/c1-18-9-3-7(4-10(19-2)11(9)13)12(17)14-5-8(16)6-15/h3-4,8,15-16H,5-6H2,1-2H3,(H,14,17). The lowest BCUT2D eigenvalue weighted by Crippen LogP contribution is -2.33. The van der Waals surface area contributed by atoms with E-state index in [1.165, 1.54) is 14.2 Å². The van der Waals surface area contributed by atoms with Crippen LogP contribution in [0.2, 0.25) is 0 Å². The summed E-state index contributed by atoms with van der Waals surface area (Å²) in [5, 5.41) is 20.3. The summed E-state index contributed by atoms with van der Waals surface area (Å²) in [6.07, 6.45) is -0.983. The van der Waals surface area contributed by atoms with E-state index in [0.717, 1.165) is 0 Å². The SMILES string of the molecule is COc1cc(C(=O)NCC(O)CO)cc(OC)c1Br. The molecule has 0 heterocycles. The third kappa shape index (κ3) is 4.09. The van der Waals surface area contributed by atoms with Gasteiger partial charge in [0.2, 0.25) is 0 Å². The minimum absolute atomic E-state index is 0.0317. The number of carbonyl (C=O) groups excluding carboxylic acids is 1. The maximum atomic E-state index is 11.9. The van der Waals surface area contributed by atoms with Crippen LogP contribution in [0.3, 0.4) is 0 Å². The van der Waals surface area contributed by atoms with Gasteiger partial charge in [-0.3, -0.25) is 4.79 Å². The average molecular weight is 334 g/mol. The molecule has 0 saturated heterocycles. The number of aliphatic hydroxyl groups excluding tert-OH is 2. The Morgan fingerprint density at radius 2 is 1.89 bits per heavy atom. The molecule has 0 radical (unpaired) electrons. The molecule has 7 heteroatoms. The molecule has 1 aromatic carbocycles. The van der Waals surface area contributed by atoms with Gasteiger partial charge in [-0.25, -0.2) is 0 Å². The van der Waals surface area contributed by atoms with Crippen molar-refractivity contribution in [2.75, 3.05) is 27.4 Å². The zero-order valence-corrected chi connectivity index (χ0v) is 12.2. The van der Waals surface area contributed by atoms with Gasteiger partial charge in [-0.15, -0.1) is 0 Å². The summed E-state index contributed by atoms with van der Waals surface area (Å²) in [5.41, 5.74) is 0.335. The van der Waals surface area contributed by atoms with Crippen LogP contribution in [0.1, 0.15) is 10.4 Å². The Labute approximate surface area is 119 Å². The fraction of sp³-hybridized carbons (Fsp3) is 0.417. The molecule has 1 atom stereocenters. The predicted molar refractivity (Wildman–Crippen MR) is 72.7 cm³/mol. The van der Waals surface area contributed by atoms with Crippen LogP contribution >= 0.6 is 15.9 Å². The fourth-order valence-electron chi connectivity index (χ4n) is 1.38. The molecule has 0 spiro atoms. The third-order valence-corrected chi connectivity index (χ3v) is 3.20. The number of ether oxygens (including phenoxy) is 2. The molecule has 0 aliphatic carbocycles. The van der Waals surface area contributed by atoms with Crippen molar-refractivity contribution in [2.24, 2.45) is 0 Å². The maximum Gasteiger partial charge on any atom is 0.251 e. The monoisotopic (exact) mass is 333 g/mol. The van der Waals surface area contributed by atoms with Crippen molar-refractivity contribution < 1.29 is 24.5 Å². The van der Waals surface area contributed by atoms with Gasteiger partial charge in [0, 0.05) is 12.1 Å². The van der Waals surface area contributed by atoms with Crippen LogP contribution in [-0.4, -0.2) is 49.6 Å². The Balaban J connectivity index is 2.91. The van der Waals surface area contributed by atoms with Gasteiger partial charge in [0.1, 0.15) is 16.0 Å². The van der Waals surface area contributed by atoms with Crippen molar-refractivity contribution in [1.29, 1.82) is 0 Å². The Morgan fingerprint density at radius 3 is 2.32 bits per heavy atom. The van der Waals surface area contributed by atoms with E-state index in [9.17, 15) is 9.90 Å². The van der Waals surface area contributed by atoms with Crippen LogP contribution in [0.15, 0.2) is 16.6 Å². The highest BCUT2D eigenvalue weighted by molar-refractivity contribution is 9.10. The predicted octanol–water partition coefficient (Wildman–Crippen LogP) is 0.549. The zero-order chi connectivity index (χ0) is 14.4. The normalized spacial score (nSPS) is 11.8. The molecular weight excluding hydrogens is 318 g/mol. The fourth-order valence-corrected chi connectivity index (χ4v) is 1.93. The average Bonchev–Trinajstić information content (AvgIpc) is 2.44. The lowest BCUT2D eigenvalue weighted by atomic mass is 10.2. The van der Waals surface area contributed by atoms with E-state index in [0.29, 0.717) is 21.5 Å². The van der Waals surface area contributed by atoms with Gasteiger partial charge >= 0.3 is 0 Å². The van der Waals surface area contributed by atoms with Crippen LogP contribution in [-0.2, 0) is 0 Å². The number of aliphatic hydroxyl groups is 2. The first-order valence-electron chi connectivity index (χ1n) is 5.52. The number of nitrogens with one attached hydrogen (secondary N) is 1. The number of hydrogen-bond donors (Lipinski definition) is 3. The molecule has 1 amide bonds. The van der Waals surface area contributed by atoms with Crippen LogP contribution in [0.5, 0.6) is 11.5 Å². The van der Waals surface area contributed by atoms with Crippen LogP contribution in [0, 0.1) is 0 Å². The Hall–Kier alpha value is -1.31. The molecule has 19 heavy (non-hydrogen) atoms. The summed E-state index contributed by atoms with van der Waals surface area (Å²) in [6, 6.07) is 3.10. The van der Waals surface area contributed by atoms with Gasteiger partial charge in [0.05, 0.1) is 26.9 Å². The quantitative estimate of drug-likeness (QED) is 0.707. The number of hydrogen-bond acceptors (Lipinski definition) is 5. The highest BCUT2D eigenvalue weighted by atomic mass is 79.9. The highest BCUT2D eigenvalue weighted by Crippen LogP contribution is 2.35. The molecule has 0 saturated carbocycles. The molecule has 6 nitrogen and oxygen atoms in total. The molecule has 0 aromatic heterocycles. The van der Waals surface area contributed by atoms with Crippen molar-refractivity contribution in [1.82, 2.24) is 5.32 Å². The number of methoxy groups -OCH3 is 2. The van der Waals surface area contributed by atoms with Crippen molar-refractivity contribution >= 4 is 21.8 Å². The second kappa shape index (κ2) is 7.32. The van der Waals surface area contributed by atoms with Crippen molar-refractivity contribution in [3.8, 4) is 11.5 Å². The van der Waals surface area contributed by atoms with E-state index in [2.05, 4.69) is 21.2 Å². The lowest BCUT2D eigenvalue weighted by Gasteiger charge is -2.12. The molecule has 3 N–H and O–H groups in total. The highest BCUT2D eigenvalue weighted by Gasteiger charge is 2.15. The van der Waals surface area contributed by atoms with Gasteiger partial charge in [-0.1, -0.05) is 0 Å². The number of carbonyl (C=O) groups is 1. The zero-order valence-electron chi connectivity index (χ0n) is 10.6. The second-order valence-electron chi connectivity index (χ2n) is 3.74. The van der Waals surface area contributed by atoms with Gasteiger partial charge in [-0.05, 0) is 28.1 Å². The van der Waals surface area contributed by atoms with E-state index < -0.39 is 18.6 Å². The molecule has 0 aliphatic rings. The molecule has 1 unspecified atom stereocenters. The Bertz CT molecular complexity index is 427. The Kier molecular flexibility index (Phi) is 6.07. The minimum atomic E-state index is -0.983. The number of halogens is 1. The maximum absolute atomic E-state index is 11.9. The molecule has 106 valence electrons. The molecule has 1 rings (SSSR count). The summed E-state index contributed by atoms with van der Waals surface area (Å²) in [5.74, 6) is 0.538. The van der Waals surface area contributed by atoms with Gasteiger partial charge < -0.3 is 25.0 Å². The Morgan fingerprint density at radius 1 is 1.37 bits per heavy atom. The van der Waals surface area contributed by atoms with Gasteiger partial charge in [0.15, 0.2) is 0 Å². The summed E-state index contributed by atoms with van der Waals surface area (Å²) < 4.78 is 10.9. The first kappa shape index (κ1) is 15.7. The topological polar surface area (TPSA) is 88.0 Å². The number of rotatable bonds is 6. The van der Waals surface area contributed by atoms with E-state index in [4.69, 9.17) is 14.6 Å². The summed E-state index contributed by atoms with van der Waals surface area (Å²) in [6.45, 7) is -0.441. The van der Waals surface area contributed by atoms with Crippen molar-refractivity contribution in [3.63, 3.8) is 0 Å². The summed E-state index contributed by atoms with van der Waals surface area (Å²) in [4.78, 5) is 11.9.